The van der Waals surface area contributed by atoms with Crippen LogP contribution in [0.4, 0.5) is 0 Å². The molecule has 0 radical (unpaired) electrons. The van der Waals surface area contributed by atoms with Crippen molar-refractivity contribution in [2.45, 2.75) is 50.4 Å². The quantitative estimate of drug-likeness (QED) is 0.909. The van der Waals surface area contributed by atoms with Crippen molar-refractivity contribution in [2.24, 2.45) is 0 Å². The number of piperidine rings is 1. The minimum Gasteiger partial charge on any atom is -0.337 e. The Balaban J connectivity index is 1.52. The predicted octanol–water partition coefficient (Wildman–Crippen LogP) is 1.65. The maximum Gasteiger partial charge on any atom is 0.274 e. The number of hydrogen-bond donors (Lipinski definition) is 1. The summed E-state index contributed by atoms with van der Waals surface area (Å²) in [7, 11) is 1.85. The fraction of sp³-hybridized carbons (Fsp3) is 0.450. The monoisotopic (exact) mass is 352 g/mol. The highest BCUT2D eigenvalue weighted by atomic mass is 16.2. The maximum atomic E-state index is 12.9. The summed E-state index contributed by atoms with van der Waals surface area (Å²) in [4.78, 5) is 26.9. The first kappa shape index (κ1) is 17.0. The van der Waals surface area contributed by atoms with Crippen LogP contribution in [-0.4, -0.2) is 45.8 Å². The van der Waals surface area contributed by atoms with E-state index in [1.165, 1.54) is 23.6 Å². The van der Waals surface area contributed by atoms with E-state index in [1.807, 2.05) is 42.3 Å². The summed E-state index contributed by atoms with van der Waals surface area (Å²) < 4.78 is 1.36. The third-order valence-corrected chi connectivity index (χ3v) is 5.58. The topological polar surface area (TPSA) is 67.2 Å². The van der Waals surface area contributed by atoms with Crippen molar-refractivity contribution in [1.82, 2.24) is 20.0 Å². The van der Waals surface area contributed by atoms with Gasteiger partial charge < -0.3 is 10.2 Å². The van der Waals surface area contributed by atoms with Crippen molar-refractivity contribution in [3.8, 4) is 0 Å². The fourth-order valence-electron chi connectivity index (χ4n) is 4.12. The molecule has 2 saturated heterocycles. The second-order valence-corrected chi connectivity index (χ2v) is 7.38. The smallest absolute Gasteiger partial charge is 0.274 e. The Bertz CT molecular complexity index is 836. The first-order chi connectivity index (χ1) is 12.6. The van der Waals surface area contributed by atoms with Gasteiger partial charge in [-0.05, 0) is 37.3 Å². The van der Waals surface area contributed by atoms with E-state index in [2.05, 4.69) is 10.4 Å². The highest BCUT2D eigenvalue weighted by molar-refractivity contribution is 5.92. The van der Waals surface area contributed by atoms with Gasteiger partial charge in [0.15, 0.2) is 0 Å². The number of rotatable bonds is 4. The van der Waals surface area contributed by atoms with Crippen LogP contribution in [0, 0.1) is 0 Å². The Morgan fingerprint density at radius 3 is 2.54 bits per heavy atom. The van der Waals surface area contributed by atoms with Crippen LogP contribution in [0.15, 0.2) is 47.3 Å². The molecule has 136 valence electrons. The van der Waals surface area contributed by atoms with Gasteiger partial charge >= 0.3 is 0 Å². The van der Waals surface area contributed by atoms with Crippen molar-refractivity contribution in [2.75, 3.05) is 7.05 Å². The first-order valence-corrected chi connectivity index (χ1v) is 9.25. The molecule has 1 aromatic carbocycles. The van der Waals surface area contributed by atoms with Crippen LogP contribution >= 0.6 is 0 Å². The lowest BCUT2D eigenvalue weighted by molar-refractivity contribution is 0.0673. The number of aromatic nitrogens is 2. The van der Waals surface area contributed by atoms with Crippen molar-refractivity contribution in [1.29, 1.82) is 0 Å². The molecule has 2 unspecified atom stereocenters. The number of carbonyl (C=O) groups is 1. The average molecular weight is 352 g/mol. The van der Waals surface area contributed by atoms with Crippen molar-refractivity contribution in [3.63, 3.8) is 0 Å². The van der Waals surface area contributed by atoms with E-state index in [-0.39, 0.29) is 17.5 Å². The molecule has 3 heterocycles. The van der Waals surface area contributed by atoms with E-state index >= 15 is 0 Å². The van der Waals surface area contributed by atoms with Gasteiger partial charge in [0.1, 0.15) is 5.69 Å². The van der Waals surface area contributed by atoms with E-state index in [0.717, 1.165) is 18.4 Å². The molecule has 0 spiro atoms. The van der Waals surface area contributed by atoms with Crippen molar-refractivity contribution < 1.29 is 4.79 Å². The Hall–Kier alpha value is -2.47. The molecule has 2 aliphatic heterocycles. The molecule has 6 nitrogen and oxygen atoms in total. The molecule has 1 N–H and O–H groups in total. The maximum absolute atomic E-state index is 12.9. The number of nitrogens with one attached hydrogen (secondary N) is 1. The summed E-state index contributed by atoms with van der Waals surface area (Å²) in [5.41, 5.74) is 1.11. The van der Waals surface area contributed by atoms with E-state index in [4.69, 9.17) is 0 Å². The number of fused-ring (bicyclic) bond motifs is 2. The zero-order valence-electron chi connectivity index (χ0n) is 15.0. The third kappa shape index (κ3) is 3.42. The normalized spacial score (nSPS) is 24.4. The van der Waals surface area contributed by atoms with E-state index in [9.17, 15) is 9.59 Å². The van der Waals surface area contributed by atoms with Crippen LogP contribution < -0.4 is 10.9 Å². The zero-order valence-corrected chi connectivity index (χ0v) is 15.0. The van der Waals surface area contributed by atoms with Crippen molar-refractivity contribution >= 4 is 5.91 Å². The summed E-state index contributed by atoms with van der Waals surface area (Å²) in [5, 5.41) is 7.93. The predicted molar refractivity (Wildman–Crippen MR) is 99.1 cm³/mol. The Kier molecular flexibility index (Phi) is 4.59. The van der Waals surface area contributed by atoms with Crippen LogP contribution in [0.25, 0.3) is 0 Å². The van der Waals surface area contributed by atoms with Gasteiger partial charge in [-0.3, -0.25) is 9.59 Å². The van der Waals surface area contributed by atoms with E-state index in [0.29, 0.717) is 24.3 Å². The minimum atomic E-state index is -0.201. The minimum absolute atomic E-state index is 0.113. The van der Waals surface area contributed by atoms with Gasteiger partial charge in [0.25, 0.3) is 11.5 Å². The van der Waals surface area contributed by atoms with Crippen LogP contribution in [0.5, 0.6) is 0 Å². The molecule has 0 saturated carbocycles. The molecule has 2 fully saturated rings. The molecule has 4 rings (SSSR count). The van der Waals surface area contributed by atoms with Gasteiger partial charge in [-0.2, -0.15) is 5.10 Å². The highest BCUT2D eigenvalue weighted by Crippen LogP contribution is 2.29. The van der Waals surface area contributed by atoms with Gasteiger partial charge in [-0.25, -0.2) is 4.68 Å². The molecular formula is C20H24N4O2. The Labute approximate surface area is 152 Å². The van der Waals surface area contributed by atoms with Crippen molar-refractivity contribution in [3.05, 3.63) is 64.1 Å². The third-order valence-electron chi connectivity index (χ3n) is 5.58. The highest BCUT2D eigenvalue weighted by Gasteiger charge is 2.36. The lowest BCUT2D eigenvalue weighted by Crippen LogP contribution is -2.49. The Morgan fingerprint density at radius 2 is 1.85 bits per heavy atom. The lowest BCUT2D eigenvalue weighted by atomic mass is 9.98. The van der Waals surface area contributed by atoms with Gasteiger partial charge in [-0.1, -0.05) is 30.3 Å². The molecule has 1 amide bonds. The van der Waals surface area contributed by atoms with Crippen LogP contribution in [-0.2, 0) is 6.54 Å². The lowest BCUT2D eigenvalue weighted by Gasteiger charge is -2.35. The van der Waals surface area contributed by atoms with Gasteiger partial charge in [-0.15, -0.1) is 0 Å². The van der Waals surface area contributed by atoms with Gasteiger partial charge in [0.2, 0.25) is 0 Å². The second kappa shape index (κ2) is 7.03. The first-order valence-electron chi connectivity index (χ1n) is 9.25. The summed E-state index contributed by atoms with van der Waals surface area (Å²) in [6.07, 6.45) is 4.37. The van der Waals surface area contributed by atoms with Gasteiger partial charge in [0.05, 0.1) is 6.54 Å². The van der Waals surface area contributed by atoms with Crippen LogP contribution in [0.1, 0.15) is 41.7 Å². The number of nitrogens with zero attached hydrogens (tertiary/aromatic N) is 3. The summed E-state index contributed by atoms with van der Waals surface area (Å²) >= 11 is 0. The molecule has 0 aliphatic carbocycles. The molecule has 2 aromatic rings. The second-order valence-electron chi connectivity index (χ2n) is 7.38. The summed E-state index contributed by atoms with van der Waals surface area (Å²) in [5.74, 6) is -0.113. The molecule has 2 atom stereocenters. The molecule has 2 bridgehead atoms. The Morgan fingerprint density at radius 1 is 1.15 bits per heavy atom. The molecule has 2 aliphatic rings. The zero-order chi connectivity index (χ0) is 18.1. The SMILES string of the molecule is CN(C(=O)c1ccc(=O)n(Cc2ccccc2)n1)C1CC2CCC(C1)N2. The molecule has 26 heavy (non-hydrogen) atoms. The average Bonchev–Trinajstić information content (AvgIpc) is 3.01. The van der Waals surface area contributed by atoms with Gasteiger partial charge in [0, 0.05) is 31.2 Å². The van der Waals surface area contributed by atoms with Crippen LogP contribution in [0.2, 0.25) is 0 Å². The standard InChI is InChI=1S/C20H24N4O2/c1-23(17-11-15-7-8-16(12-17)21-15)20(26)18-9-10-19(25)24(22-18)13-14-5-3-2-4-6-14/h2-6,9-10,15-17,21H,7-8,11-13H2,1H3. The summed E-state index contributed by atoms with van der Waals surface area (Å²) in [6, 6.07) is 13.9. The molecule has 6 heteroatoms. The number of hydrogen-bond acceptors (Lipinski definition) is 4. The largest absolute Gasteiger partial charge is 0.337 e. The molecular weight excluding hydrogens is 328 g/mol. The fourth-order valence-corrected chi connectivity index (χ4v) is 4.12. The van der Waals surface area contributed by atoms with E-state index < -0.39 is 0 Å². The number of amides is 1. The van der Waals surface area contributed by atoms with Crippen LogP contribution in [0.3, 0.4) is 0 Å². The van der Waals surface area contributed by atoms with E-state index in [1.54, 1.807) is 6.07 Å². The molecule has 1 aromatic heterocycles. The number of benzene rings is 1. The number of carbonyl (C=O) groups excluding carboxylic acids is 1. The summed E-state index contributed by atoms with van der Waals surface area (Å²) in [6.45, 7) is 0.363.